The molecule has 0 radical (unpaired) electrons. The number of carboxylic acid groups (broad SMARTS) is 1. The summed E-state index contributed by atoms with van der Waals surface area (Å²) in [6.45, 7) is -0.370. The molecule has 8 heteroatoms. The van der Waals surface area contributed by atoms with Gasteiger partial charge in [0.2, 0.25) is 0 Å². The molecule has 2 N–H and O–H groups in total. The molecule has 1 atom stereocenters. The van der Waals surface area contributed by atoms with Gasteiger partial charge in [0, 0.05) is 28.5 Å². The van der Waals surface area contributed by atoms with E-state index < -0.39 is 17.9 Å². The maximum atomic E-state index is 12.3. The van der Waals surface area contributed by atoms with Crippen LogP contribution in [0.5, 0.6) is 5.75 Å². The molecular formula is C24H22ClNO6. The van der Waals surface area contributed by atoms with E-state index >= 15 is 0 Å². The summed E-state index contributed by atoms with van der Waals surface area (Å²) < 4.78 is 11.0. The Kier molecular flexibility index (Phi) is 6.46. The number of fused-ring (bicyclic) bond motifs is 3. The number of ether oxygens (including phenoxy) is 1. The van der Waals surface area contributed by atoms with E-state index in [1.807, 2.05) is 6.07 Å². The average molecular weight is 456 g/mol. The van der Waals surface area contributed by atoms with Crippen molar-refractivity contribution in [3.8, 4) is 5.75 Å². The first-order valence-corrected chi connectivity index (χ1v) is 10.8. The van der Waals surface area contributed by atoms with E-state index in [9.17, 15) is 19.5 Å². The molecule has 1 aliphatic rings. The van der Waals surface area contributed by atoms with Gasteiger partial charge in [-0.05, 0) is 61.1 Å². The summed E-state index contributed by atoms with van der Waals surface area (Å²) in [4.78, 5) is 36.1. The standard InChI is InChI=1S/C24H22ClNO6/c25-15-7-5-14(6-8-15)11-20(23(28)29)26-22(27)13-31-16-9-10-18-17-3-1-2-4-19(17)24(30)32-21(18)12-16/h5-10,12,20H,1-4,11,13H2,(H,26,27)(H,28,29)/t20-/m0/s1. The van der Waals surface area contributed by atoms with Crippen molar-refractivity contribution in [1.82, 2.24) is 5.32 Å². The SMILES string of the molecule is O=C(COc1ccc2c3c(c(=O)oc2c1)CCCC3)N[C@@H](Cc1ccc(Cl)cc1)C(=O)O. The number of amides is 1. The number of carbonyl (C=O) groups is 2. The quantitative estimate of drug-likeness (QED) is 0.528. The highest BCUT2D eigenvalue weighted by molar-refractivity contribution is 6.30. The van der Waals surface area contributed by atoms with Gasteiger partial charge in [-0.1, -0.05) is 23.7 Å². The number of benzene rings is 2. The summed E-state index contributed by atoms with van der Waals surface area (Å²) in [6, 6.07) is 10.8. The molecule has 1 aromatic heterocycles. The molecule has 166 valence electrons. The van der Waals surface area contributed by atoms with Crippen LogP contribution in [0.15, 0.2) is 51.7 Å². The number of hydrogen-bond donors (Lipinski definition) is 2. The number of aryl methyl sites for hydroxylation is 1. The van der Waals surface area contributed by atoms with Crippen LogP contribution in [-0.2, 0) is 28.9 Å². The number of carboxylic acids is 1. The van der Waals surface area contributed by atoms with Gasteiger partial charge in [-0.25, -0.2) is 9.59 Å². The van der Waals surface area contributed by atoms with Gasteiger partial charge in [0.1, 0.15) is 17.4 Å². The zero-order chi connectivity index (χ0) is 22.7. The van der Waals surface area contributed by atoms with Gasteiger partial charge in [0.15, 0.2) is 6.61 Å². The van der Waals surface area contributed by atoms with E-state index in [4.69, 9.17) is 20.8 Å². The maximum Gasteiger partial charge on any atom is 0.339 e. The molecular weight excluding hydrogens is 434 g/mol. The van der Waals surface area contributed by atoms with Crippen LogP contribution in [-0.4, -0.2) is 29.6 Å². The van der Waals surface area contributed by atoms with Crippen LogP contribution in [0.2, 0.25) is 5.02 Å². The molecule has 0 aliphatic heterocycles. The van der Waals surface area contributed by atoms with Gasteiger partial charge in [0.25, 0.3) is 5.91 Å². The predicted molar refractivity (Wildman–Crippen MR) is 119 cm³/mol. The van der Waals surface area contributed by atoms with Crippen LogP contribution in [0.25, 0.3) is 11.0 Å². The Morgan fingerprint density at radius 3 is 2.53 bits per heavy atom. The number of aliphatic carboxylic acids is 1. The Bertz CT molecular complexity index is 1220. The first-order valence-electron chi connectivity index (χ1n) is 10.4. The van der Waals surface area contributed by atoms with Gasteiger partial charge in [-0.15, -0.1) is 0 Å². The minimum absolute atomic E-state index is 0.116. The van der Waals surface area contributed by atoms with Crippen LogP contribution in [0.4, 0.5) is 0 Å². The van der Waals surface area contributed by atoms with Gasteiger partial charge in [-0.3, -0.25) is 4.79 Å². The van der Waals surface area contributed by atoms with E-state index in [2.05, 4.69) is 5.32 Å². The molecule has 3 aromatic rings. The predicted octanol–water partition coefficient (Wildman–Crippen LogP) is 3.52. The van der Waals surface area contributed by atoms with Crippen molar-refractivity contribution in [3.63, 3.8) is 0 Å². The lowest BCUT2D eigenvalue weighted by molar-refractivity contribution is -0.142. The van der Waals surface area contributed by atoms with Gasteiger partial charge in [-0.2, -0.15) is 0 Å². The van der Waals surface area contributed by atoms with E-state index in [-0.39, 0.29) is 18.7 Å². The van der Waals surface area contributed by atoms with Crippen LogP contribution < -0.4 is 15.7 Å². The molecule has 32 heavy (non-hydrogen) atoms. The lowest BCUT2D eigenvalue weighted by atomic mass is 9.91. The van der Waals surface area contributed by atoms with Crippen LogP contribution >= 0.6 is 11.6 Å². The first kappa shape index (κ1) is 21.9. The third kappa shape index (κ3) is 4.94. The zero-order valence-electron chi connectivity index (χ0n) is 17.2. The van der Waals surface area contributed by atoms with E-state index in [0.29, 0.717) is 16.4 Å². The fourth-order valence-electron chi connectivity index (χ4n) is 3.96. The normalized spacial score (nSPS) is 13.9. The van der Waals surface area contributed by atoms with Crippen molar-refractivity contribution in [2.45, 2.75) is 38.1 Å². The second kappa shape index (κ2) is 9.44. The largest absolute Gasteiger partial charge is 0.484 e. The second-order valence-corrected chi connectivity index (χ2v) is 8.23. The minimum atomic E-state index is -1.15. The van der Waals surface area contributed by atoms with Crippen molar-refractivity contribution in [2.24, 2.45) is 0 Å². The summed E-state index contributed by atoms with van der Waals surface area (Å²) in [5.74, 6) is -1.36. The lowest BCUT2D eigenvalue weighted by Gasteiger charge is -2.17. The zero-order valence-corrected chi connectivity index (χ0v) is 18.0. The summed E-state index contributed by atoms with van der Waals surface area (Å²) in [5, 5.41) is 13.3. The van der Waals surface area contributed by atoms with Crippen molar-refractivity contribution in [3.05, 3.63) is 74.6 Å². The molecule has 1 aliphatic carbocycles. The molecule has 1 amide bonds. The third-order valence-corrected chi connectivity index (χ3v) is 5.80. The van der Waals surface area contributed by atoms with Gasteiger partial charge >= 0.3 is 11.6 Å². The monoisotopic (exact) mass is 455 g/mol. The highest BCUT2D eigenvalue weighted by Crippen LogP contribution is 2.29. The second-order valence-electron chi connectivity index (χ2n) is 7.79. The lowest BCUT2D eigenvalue weighted by Crippen LogP contribution is -2.44. The number of halogens is 1. The number of rotatable bonds is 7. The molecule has 0 fully saturated rings. The Hall–Kier alpha value is -3.32. The average Bonchev–Trinajstić information content (AvgIpc) is 2.78. The van der Waals surface area contributed by atoms with Crippen molar-refractivity contribution in [2.75, 3.05) is 6.61 Å². The molecule has 0 saturated heterocycles. The molecule has 0 unspecified atom stereocenters. The Morgan fingerprint density at radius 1 is 1.09 bits per heavy atom. The third-order valence-electron chi connectivity index (χ3n) is 5.55. The number of hydrogen-bond acceptors (Lipinski definition) is 5. The van der Waals surface area contributed by atoms with Crippen molar-refractivity contribution >= 4 is 34.4 Å². The van der Waals surface area contributed by atoms with Crippen molar-refractivity contribution < 1.29 is 23.8 Å². The summed E-state index contributed by atoms with van der Waals surface area (Å²) in [5.41, 5.74) is 2.60. The summed E-state index contributed by atoms with van der Waals surface area (Å²) in [6.07, 6.45) is 3.70. The Morgan fingerprint density at radius 2 is 1.81 bits per heavy atom. The van der Waals surface area contributed by atoms with Crippen molar-refractivity contribution in [1.29, 1.82) is 0 Å². The molecule has 0 bridgehead atoms. The van der Waals surface area contributed by atoms with Gasteiger partial charge < -0.3 is 19.6 Å². The Balaban J connectivity index is 1.42. The Labute approximate surface area is 188 Å². The fraction of sp³-hybridized carbons (Fsp3) is 0.292. The smallest absolute Gasteiger partial charge is 0.339 e. The fourth-order valence-corrected chi connectivity index (χ4v) is 4.08. The molecule has 2 aromatic carbocycles. The highest BCUT2D eigenvalue weighted by atomic mass is 35.5. The van der Waals surface area contributed by atoms with Crippen LogP contribution in [0.3, 0.4) is 0 Å². The molecule has 0 saturated carbocycles. The summed E-state index contributed by atoms with van der Waals surface area (Å²) >= 11 is 5.85. The molecule has 0 spiro atoms. The van der Waals surface area contributed by atoms with Crippen LogP contribution in [0, 0.1) is 0 Å². The van der Waals surface area contributed by atoms with Crippen LogP contribution in [0.1, 0.15) is 29.5 Å². The highest BCUT2D eigenvalue weighted by Gasteiger charge is 2.21. The maximum absolute atomic E-state index is 12.3. The molecule has 7 nitrogen and oxygen atoms in total. The number of nitrogens with one attached hydrogen (secondary N) is 1. The van der Waals surface area contributed by atoms with Gasteiger partial charge in [0.05, 0.1) is 0 Å². The minimum Gasteiger partial charge on any atom is -0.484 e. The van der Waals surface area contributed by atoms with E-state index in [1.165, 1.54) is 0 Å². The van der Waals surface area contributed by atoms with E-state index in [0.717, 1.165) is 47.8 Å². The van der Waals surface area contributed by atoms with E-state index in [1.54, 1.807) is 36.4 Å². The summed E-state index contributed by atoms with van der Waals surface area (Å²) in [7, 11) is 0. The topological polar surface area (TPSA) is 106 Å². The molecule has 1 heterocycles. The molecule has 4 rings (SSSR count). The number of carbonyl (C=O) groups excluding carboxylic acids is 1. The first-order chi connectivity index (χ1) is 15.4.